The molecule has 1 amide bonds. The lowest BCUT2D eigenvalue weighted by molar-refractivity contribution is -0.116. The summed E-state index contributed by atoms with van der Waals surface area (Å²) in [6, 6.07) is 19.6. The molecule has 6 nitrogen and oxygen atoms in total. The predicted molar refractivity (Wildman–Crippen MR) is 115 cm³/mol. The molecule has 2 heterocycles. The number of amides is 1. The molecule has 4 rings (SSSR count). The molecule has 0 fully saturated rings. The smallest absolute Gasteiger partial charge is 0.231 e. The molecule has 0 unspecified atom stereocenters. The van der Waals surface area contributed by atoms with Crippen LogP contribution in [0.2, 0.25) is 0 Å². The summed E-state index contributed by atoms with van der Waals surface area (Å²) in [5, 5.41) is 7.05. The van der Waals surface area contributed by atoms with Crippen LogP contribution in [0.25, 0.3) is 11.4 Å². The predicted octanol–water partition coefficient (Wildman–Crippen LogP) is 4.60. The molecule has 0 atom stereocenters. The molecule has 0 aliphatic carbocycles. The Bertz CT molecular complexity index is 1140. The highest BCUT2D eigenvalue weighted by Crippen LogP contribution is 2.21. The van der Waals surface area contributed by atoms with Gasteiger partial charge >= 0.3 is 0 Å². The van der Waals surface area contributed by atoms with E-state index < -0.39 is 0 Å². The molecule has 0 saturated carbocycles. The summed E-state index contributed by atoms with van der Waals surface area (Å²) in [7, 11) is 0. The van der Waals surface area contributed by atoms with Crippen LogP contribution in [0.15, 0.2) is 77.6 Å². The Balaban J connectivity index is 1.41. The van der Waals surface area contributed by atoms with Gasteiger partial charge in [-0.3, -0.25) is 9.78 Å². The van der Waals surface area contributed by atoms with Gasteiger partial charge < -0.3 is 9.84 Å². The molecule has 0 aliphatic heterocycles. The number of nitrogens with one attached hydrogen (secondary N) is 1. The summed E-state index contributed by atoms with van der Waals surface area (Å²) >= 11 is 0. The Hall–Kier alpha value is -3.80. The number of anilines is 1. The van der Waals surface area contributed by atoms with E-state index in [-0.39, 0.29) is 5.91 Å². The zero-order valence-electron chi connectivity index (χ0n) is 16.7. The van der Waals surface area contributed by atoms with Crippen molar-refractivity contribution in [3.8, 4) is 11.4 Å². The van der Waals surface area contributed by atoms with E-state index in [2.05, 4.69) is 39.5 Å². The van der Waals surface area contributed by atoms with Crippen LogP contribution in [0.4, 0.5) is 5.69 Å². The molecule has 30 heavy (non-hydrogen) atoms. The average Bonchev–Trinajstić information content (AvgIpc) is 3.23. The van der Waals surface area contributed by atoms with Gasteiger partial charge in [0.2, 0.25) is 17.6 Å². The Morgan fingerprint density at radius 1 is 1.07 bits per heavy atom. The number of benzene rings is 2. The highest BCUT2D eigenvalue weighted by Gasteiger charge is 2.13. The lowest BCUT2D eigenvalue weighted by atomic mass is 10.1. The molecule has 0 aliphatic rings. The lowest BCUT2D eigenvalue weighted by Crippen LogP contribution is -2.14. The van der Waals surface area contributed by atoms with Gasteiger partial charge in [-0.05, 0) is 42.7 Å². The summed E-state index contributed by atoms with van der Waals surface area (Å²) in [5.41, 5.74) is 4.83. The molecule has 1 N–H and O–H groups in total. The van der Waals surface area contributed by atoms with Crippen LogP contribution in [0.1, 0.15) is 29.0 Å². The SMILES string of the molecule is Cc1cccc(CCC(=O)Nc2ccccc2Cc2nc(-c3cccnc3)no2)c1. The van der Waals surface area contributed by atoms with Gasteiger partial charge in [-0.15, -0.1) is 0 Å². The van der Waals surface area contributed by atoms with E-state index in [1.54, 1.807) is 12.4 Å². The zero-order chi connectivity index (χ0) is 20.8. The van der Waals surface area contributed by atoms with Gasteiger partial charge in [0, 0.05) is 30.1 Å². The van der Waals surface area contributed by atoms with Crippen LogP contribution in [-0.4, -0.2) is 21.0 Å². The normalized spacial score (nSPS) is 10.7. The first-order valence-electron chi connectivity index (χ1n) is 9.83. The number of nitrogens with zero attached hydrogens (tertiary/aromatic N) is 3. The first-order chi connectivity index (χ1) is 14.7. The van der Waals surface area contributed by atoms with Gasteiger partial charge in [0.05, 0.1) is 6.42 Å². The highest BCUT2D eigenvalue weighted by molar-refractivity contribution is 5.91. The minimum absolute atomic E-state index is 0.0227. The summed E-state index contributed by atoms with van der Waals surface area (Å²) in [4.78, 5) is 21.0. The molecule has 2 aromatic heterocycles. The number of para-hydroxylation sites is 1. The van der Waals surface area contributed by atoms with E-state index in [0.29, 0.717) is 31.0 Å². The number of rotatable bonds is 7. The zero-order valence-corrected chi connectivity index (χ0v) is 16.7. The van der Waals surface area contributed by atoms with Gasteiger partial charge in [0.25, 0.3) is 0 Å². The summed E-state index contributed by atoms with van der Waals surface area (Å²) < 4.78 is 5.40. The maximum Gasteiger partial charge on any atom is 0.231 e. The second kappa shape index (κ2) is 9.13. The van der Waals surface area contributed by atoms with E-state index in [4.69, 9.17) is 4.52 Å². The maximum atomic E-state index is 12.5. The lowest BCUT2D eigenvalue weighted by Gasteiger charge is -2.10. The highest BCUT2D eigenvalue weighted by atomic mass is 16.5. The first kappa shape index (κ1) is 19.5. The van der Waals surface area contributed by atoms with Crippen molar-refractivity contribution in [3.63, 3.8) is 0 Å². The Kier molecular flexibility index (Phi) is 5.94. The Morgan fingerprint density at radius 2 is 1.97 bits per heavy atom. The number of hydrogen-bond acceptors (Lipinski definition) is 5. The number of hydrogen-bond donors (Lipinski definition) is 1. The van der Waals surface area contributed by atoms with E-state index >= 15 is 0 Å². The van der Waals surface area contributed by atoms with Crippen molar-refractivity contribution < 1.29 is 9.32 Å². The first-order valence-corrected chi connectivity index (χ1v) is 9.83. The van der Waals surface area contributed by atoms with E-state index in [0.717, 1.165) is 22.4 Å². The van der Waals surface area contributed by atoms with Crippen LogP contribution in [0.3, 0.4) is 0 Å². The average molecular weight is 398 g/mol. The molecule has 4 aromatic rings. The Morgan fingerprint density at radius 3 is 2.80 bits per heavy atom. The van der Waals surface area contributed by atoms with Gasteiger partial charge in [-0.25, -0.2) is 0 Å². The van der Waals surface area contributed by atoms with Crippen LogP contribution < -0.4 is 5.32 Å². The van der Waals surface area contributed by atoms with Crippen molar-refractivity contribution in [3.05, 3.63) is 95.6 Å². The standard InChI is InChI=1S/C24H22N4O2/c1-17-6-4-7-18(14-17)11-12-22(29)26-21-10-3-2-8-19(21)15-23-27-24(28-30-23)20-9-5-13-25-16-20/h2-10,13-14,16H,11-12,15H2,1H3,(H,26,29). The molecular formula is C24H22N4O2. The largest absolute Gasteiger partial charge is 0.339 e. The summed E-state index contributed by atoms with van der Waals surface area (Å²) in [6.45, 7) is 2.05. The minimum atomic E-state index is -0.0227. The van der Waals surface area contributed by atoms with Crippen LogP contribution in [0, 0.1) is 6.92 Å². The van der Waals surface area contributed by atoms with Crippen molar-refractivity contribution in [1.29, 1.82) is 0 Å². The summed E-state index contributed by atoms with van der Waals surface area (Å²) in [6.07, 6.45) is 4.94. The van der Waals surface area contributed by atoms with Crippen molar-refractivity contribution in [2.24, 2.45) is 0 Å². The van der Waals surface area contributed by atoms with E-state index in [1.165, 1.54) is 5.56 Å². The molecule has 0 saturated heterocycles. The Labute approximate surface area is 175 Å². The van der Waals surface area contributed by atoms with Crippen LogP contribution in [-0.2, 0) is 17.6 Å². The maximum absolute atomic E-state index is 12.5. The minimum Gasteiger partial charge on any atom is -0.339 e. The van der Waals surface area contributed by atoms with Crippen molar-refractivity contribution >= 4 is 11.6 Å². The number of pyridine rings is 1. The second-order valence-corrected chi connectivity index (χ2v) is 7.12. The topological polar surface area (TPSA) is 80.9 Å². The number of aromatic nitrogens is 3. The van der Waals surface area contributed by atoms with Crippen molar-refractivity contribution in [2.75, 3.05) is 5.32 Å². The fraction of sp³-hybridized carbons (Fsp3) is 0.167. The van der Waals surface area contributed by atoms with Crippen molar-refractivity contribution in [2.45, 2.75) is 26.2 Å². The van der Waals surface area contributed by atoms with E-state index in [9.17, 15) is 4.79 Å². The van der Waals surface area contributed by atoms with Crippen LogP contribution in [0.5, 0.6) is 0 Å². The number of carbonyl (C=O) groups excluding carboxylic acids is 1. The number of aryl methyl sites for hydroxylation is 2. The molecule has 0 spiro atoms. The van der Waals surface area contributed by atoms with Crippen molar-refractivity contribution in [1.82, 2.24) is 15.1 Å². The number of carbonyl (C=O) groups is 1. The third-order valence-corrected chi connectivity index (χ3v) is 4.74. The summed E-state index contributed by atoms with van der Waals surface area (Å²) in [5.74, 6) is 0.957. The second-order valence-electron chi connectivity index (χ2n) is 7.12. The van der Waals surface area contributed by atoms with Gasteiger partial charge in [-0.1, -0.05) is 53.2 Å². The molecule has 2 aromatic carbocycles. The molecule has 150 valence electrons. The van der Waals surface area contributed by atoms with Crippen LogP contribution >= 0.6 is 0 Å². The molecule has 6 heteroatoms. The molecule has 0 bridgehead atoms. The van der Waals surface area contributed by atoms with Gasteiger partial charge in [0.1, 0.15) is 0 Å². The molecule has 0 radical (unpaired) electrons. The van der Waals surface area contributed by atoms with Gasteiger partial charge in [0.15, 0.2) is 0 Å². The fourth-order valence-electron chi connectivity index (χ4n) is 3.24. The van der Waals surface area contributed by atoms with E-state index in [1.807, 2.05) is 48.5 Å². The quantitative estimate of drug-likeness (QED) is 0.492. The third kappa shape index (κ3) is 4.97. The fourth-order valence-corrected chi connectivity index (χ4v) is 3.24. The van der Waals surface area contributed by atoms with Gasteiger partial charge in [-0.2, -0.15) is 4.98 Å². The monoisotopic (exact) mass is 398 g/mol. The third-order valence-electron chi connectivity index (χ3n) is 4.74. The molecular weight excluding hydrogens is 376 g/mol.